The lowest BCUT2D eigenvalue weighted by Gasteiger charge is -2.25. The van der Waals surface area contributed by atoms with Crippen molar-refractivity contribution in [1.29, 1.82) is 0 Å². The highest BCUT2D eigenvalue weighted by atomic mass is 35.5. The minimum absolute atomic E-state index is 0. The molecule has 6 nitrogen and oxygen atoms in total. The topological polar surface area (TPSA) is 87.7 Å². The number of carboxylic acid groups (broad SMARTS) is 1. The Morgan fingerprint density at radius 1 is 1.03 bits per heavy atom. The molecule has 0 aromatic heterocycles. The number of aliphatic carboxylic acids is 1. The molecule has 160 valence electrons. The number of piperidine rings is 1. The number of fused-ring (bicyclic) bond motifs is 3. The summed E-state index contributed by atoms with van der Waals surface area (Å²) in [6, 6.07) is 15.3. The van der Waals surface area contributed by atoms with Gasteiger partial charge in [0.2, 0.25) is 0 Å². The van der Waals surface area contributed by atoms with Crippen LogP contribution in [0.25, 0.3) is 11.1 Å². The highest BCUT2D eigenvalue weighted by molar-refractivity contribution is 5.85. The lowest BCUT2D eigenvalue weighted by atomic mass is 9.91. The molecule has 30 heavy (non-hydrogen) atoms. The van der Waals surface area contributed by atoms with Gasteiger partial charge in [0.15, 0.2) is 0 Å². The molecule has 2 aromatic rings. The van der Waals surface area contributed by atoms with E-state index in [9.17, 15) is 14.7 Å². The molecule has 1 aliphatic heterocycles. The van der Waals surface area contributed by atoms with Crippen LogP contribution in [-0.4, -0.2) is 42.9 Å². The number of hydrogen-bond donors (Lipinski definition) is 3. The summed E-state index contributed by atoms with van der Waals surface area (Å²) in [6.07, 6.45) is 1.61. The Balaban J connectivity index is 0.00000256. The third-order valence-electron chi connectivity index (χ3n) is 5.96. The molecule has 2 aromatic carbocycles. The van der Waals surface area contributed by atoms with Gasteiger partial charge in [-0.1, -0.05) is 48.5 Å². The smallest absolute Gasteiger partial charge is 0.407 e. The molecule has 2 aliphatic rings. The third kappa shape index (κ3) is 4.77. The SMILES string of the molecule is Cl.O=C(N[C@@H](CC1CCNCC1)C(=O)O)OCC1c2ccccc2-c2ccccc21. The maximum atomic E-state index is 12.4. The minimum atomic E-state index is -1.02. The number of carbonyl (C=O) groups excluding carboxylic acids is 1. The van der Waals surface area contributed by atoms with Gasteiger partial charge in [-0.2, -0.15) is 0 Å². The molecular weight excluding hydrogens is 404 g/mol. The zero-order chi connectivity index (χ0) is 20.2. The molecule has 1 heterocycles. The van der Waals surface area contributed by atoms with Crippen molar-refractivity contribution in [3.8, 4) is 11.1 Å². The van der Waals surface area contributed by atoms with Crippen LogP contribution in [0.5, 0.6) is 0 Å². The molecule has 0 radical (unpaired) electrons. The van der Waals surface area contributed by atoms with Crippen LogP contribution in [0.15, 0.2) is 48.5 Å². The van der Waals surface area contributed by atoms with Gasteiger partial charge in [0.25, 0.3) is 0 Å². The van der Waals surface area contributed by atoms with Crippen LogP contribution in [-0.2, 0) is 9.53 Å². The number of alkyl carbamates (subject to hydrolysis) is 1. The summed E-state index contributed by atoms with van der Waals surface area (Å²) in [5, 5.41) is 15.3. The first-order valence-corrected chi connectivity index (χ1v) is 10.2. The number of halogens is 1. The lowest BCUT2D eigenvalue weighted by Crippen LogP contribution is -2.43. The highest BCUT2D eigenvalue weighted by Gasteiger charge is 2.30. The van der Waals surface area contributed by atoms with Gasteiger partial charge in [0.1, 0.15) is 12.6 Å². The third-order valence-corrected chi connectivity index (χ3v) is 5.96. The quantitative estimate of drug-likeness (QED) is 0.649. The number of amides is 1. The van der Waals surface area contributed by atoms with Crippen LogP contribution < -0.4 is 10.6 Å². The van der Waals surface area contributed by atoms with E-state index in [1.54, 1.807) is 0 Å². The van der Waals surface area contributed by atoms with Crippen LogP contribution in [0.2, 0.25) is 0 Å². The Labute approximate surface area is 182 Å². The van der Waals surface area contributed by atoms with Crippen LogP contribution in [0.1, 0.15) is 36.3 Å². The molecule has 1 atom stereocenters. The van der Waals surface area contributed by atoms with Gasteiger partial charge in [0, 0.05) is 5.92 Å². The van der Waals surface area contributed by atoms with Gasteiger partial charge in [-0.25, -0.2) is 9.59 Å². The highest BCUT2D eigenvalue weighted by Crippen LogP contribution is 2.44. The summed E-state index contributed by atoms with van der Waals surface area (Å²) < 4.78 is 5.48. The zero-order valence-corrected chi connectivity index (χ0v) is 17.5. The Morgan fingerprint density at radius 3 is 2.17 bits per heavy atom. The van der Waals surface area contributed by atoms with E-state index in [1.165, 1.54) is 0 Å². The summed E-state index contributed by atoms with van der Waals surface area (Å²) >= 11 is 0. The van der Waals surface area contributed by atoms with Gasteiger partial charge < -0.3 is 20.5 Å². The van der Waals surface area contributed by atoms with E-state index >= 15 is 0 Å². The molecule has 3 N–H and O–H groups in total. The second-order valence-electron chi connectivity index (χ2n) is 7.79. The number of carbonyl (C=O) groups is 2. The van der Waals surface area contributed by atoms with Gasteiger partial charge in [-0.3, -0.25) is 0 Å². The van der Waals surface area contributed by atoms with Crippen molar-refractivity contribution < 1.29 is 19.4 Å². The first-order valence-electron chi connectivity index (χ1n) is 10.2. The van der Waals surface area contributed by atoms with E-state index in [-0.39, 0.29) is 24.9 Å². The Kier molecular flexibility index (Phi) is 7.34. The molecular formula is C23H27ClN2O4. The second-order valence-corrected chi connectivity index (χ2v) is 7.79. The standard InChI is InChI=1S/C23H26N2O4.ClH/c26-22(27)21(13-15-9-11-24-12-10-15)25-23(28)29-14-20-18-7-3-1-5-16(18)17-6-2-4-8-19(17)20;/h1-8,15,20-21,24H,9-14H2,(H,25,28)(H,26,27);1H/t21-;/m0./s1. The molecule has 0 saturated carbocycles. The summed E-state index contributed by atoms with van der Waals surface area (Å²) in [6.45, 7) is 1.96. The molecule has 1 saturated heterocycles. The molecule has 0 bridgehead atoms. The summed E-state index contributed by atoms with van der Waals surface area (Å²) in [7, 11) is 0. The predicted octanol–water partition coefficient (Wildman–Crippen LogP) is 3.79. The van der Waals surface area contributed by atoms with Crippen molar-refractivity contribution >= 4 is 24.5 Å². The van der Waals surface area contributed by atoms with Crippen molar-refractivity contribution in [2.24, 2.45) is 5.92 Å². The molecule has 0 unspecified atom stereocenters. The van der Waals surface area contributed by atoms with Crippen LogP contribution >= 0.6 is 12.4 Å². The van der Waals surface area contributed by atoms with E-state index < -0.39 is 18.1 Å². The average molecular weight is 431 g/mol. The minimum Gasteiger partial charge on any atom is -0.480 e. The molecule has 0 spiro atoms. The Bertz CT molecular complexity index is 853. The number of rotatable bonds is 6. The number of ether oxygens (including phenoxy) is 1. The maximum Gasteiger partial charge on any atom is 0.407 e. The summed E-state index contributed by atoms with van der Waals surface area (Å²) in [5.74, 6) is -0.760. The van der Waals surface area contributed by atoms with E-state index in [0.717, 1.165) is 48.2 Å². The Hall–Kier alpha value is -2.57. The fraction of sp³-hybridized carbons (Fsp3) is 0.391. The molecule has 7 heteroatoms. The van der Waals surface area contributed by atoms with Crippen LogP contribution in [0.4, 0.5) is 4.79 Å². The first-order chi connectivity index (χ1) is 14.1. The number of nitrogens with one attached hydrogen (secondary N) is 2. The number of hydrogen-bond acceptors (Lipinski definition) is 4. The molecule has 1 amide bonds. The van der Waals surface area contributed by atoms with E-state index in [0.29, 0.717) is 12.3 Å². The van der Waals surface area contributed by atoms with E-state index in [4.69, 9.17) is 4.74 Å². The van der Waals surface area contributed by atoms with Crippen molar-refractivity contribution in [3.05, 3.63) is 59.7 Å². The van der Waals surface area contributed by atoms with Crippen LogP contribution in [0.3, 0.4) is 0 Å². The van der Waals surface area contributed by atoms with Gasteiger partial charge in [-0.15, -0.1) is 12.4 Å². The fourth-order valence-corrected chi connectivity index (χ4v) is 4.45. The molecule has 1 aliphatic carbocycles. The average Bonchev–Trinajstić information content (AvgIpc) is 3.06. The molecule has 1 fully saturated rings. The van der Waals surface area contributed by atoms with Crippen molar-refractivity contribution in [2.45, 2.75) is 31.2 Å². The van der Waals surface area contributed by atoms with Crippen molar-refractivity contribution in [3.63, 3.8) is 0 Å². The zero-order valence-electron chi connectivity index (χ0n) is 16.7. The maximum absolute atomic E-state index is 12.4. The number of benzene rings is 2. The summed E-state index contributed by atoms with van der Waals surface area (Å²) in [5.41, 5.74) is 4.58. The molecule has 4 rings (SSSR count). The summed E-state index contributed by atoms with van der Waals surface area (Å²) in [4.78, 5) is 24.0. The van der Waals surface area contributed by atoms with Gasteiger partial charge in [-0.05, 0) is 60.5 Å². The fourth-order valence-electron chi connectivity index (χ4n) is 4.45. The van der Waals surface area contributed by atoms with E-state index in [1.807, 2.05) is 24.3 Å². The monoisotopic (exact) mass is 430 g/mol. The van der Waals surface area contributed by atoms with Crippen LogP contribution in [0, 0.1) is 5.92 Å². The first kappa shape index (κ1) is 22.1. The lowest BCUT2D eigenvalue weighted by molar-refractivity contribution is -0.139. The van der Waals surface area contributed by atoms with Crippen molar-refractivity contribution in [2.75, 3.05) is 19.7 Å². The normalized spacial score (nSPS) is 16.7. The largest absolute Gasteiger partial charge is 0.480 e. The van der Waals surface area contributed by atoms with Gasteiger partial charge >= 0.3 is 12.1 Å². The predicted molar refractivity (Wildman–Crippen MR) is 117 cm³/mol. The second kappa shape index (κ2) is 9.96. The number of carboxylic acids is 1. The Morgan fingerprint density at radius 2 is 1.60 bits per heavy atom. The van der Waals surface area contributed by atoms with E-state index in [2.05, 4.69) is 34.9 Å². The van der Waals surface area contributed by atoms with Crippen molar-refractivity contribution in [1.82, 2.24) is 10.6 Å². The van der Waals surface area contributed by atoms with Gasteiger partial charge in [0.05, 0.1) is 0 Å².